The van der Waals surface area contributed by atoms with E-state index in [0.29, 0.717) is 0 Å². The van der Waals surface area contributed by atoms with Gasteiger partial charge in [-0.05, 0) is 0 Å². The molecule has 0 aromatic heterocycles. The molecule has 0 spiro atoms. The summed E-state index contributed by atoms with van der Waals surface area (Å²) in [5.41, 5.74) is 0. The number of nitrogens with zero attached hydrogens (tertiary/aromatic N) is 1. The third-order valence-electron chi connectivity index (χ3n) is 0.424. The quantitative estimate of drug-likeness (QED) is 0.282. The molecular formula is C4H12NS+. The molecule has 0 saturated heterocycles. The fourth-order valence-electron chi connectivity index (χ4n) is 0. The molecule has 0 N–H and O–H groups in total. The average Bonchev–Trinajstić information content (AvgIpc) is 1.35. The van der Waals surface area contributed by atoms with Crippen molar-refractivity contribution in [2.75, 3.05) is 27.0 Å². The Morgan fingerprint density at radius 3 is 1.50 bits per heavy atom. The van der Waals surface area contributed by atoms with Gasteiger partial charge in [0.1, 0.15) is 5.88 Å². The van der Waals surface area contributed by atoms with Crippen LogP contribution in [0.4, 0.5) is 0 Å². The minimum Gasteiger partial charge on any atom is -0.323 e. The van der Waals surface area contributed by atoms with Gasteiger partial charge in [0.25, 0.3) is 0 Å². The molecule has 2 heteroatoms. The van der Waals surface area contributed by atoms with Gasteiger partial charge < -0.3 is 4.48 Å². The Morgan fingerprint density at radius 2 is 1.50 bits per heavy atom. The minimum absolute atomic E-state index is 0.903. The van der Waals surface area contributed by atoms with E-state index in [-0.39, 0.29) is 0 Å². The normalized spacial score (nSPS) is 12.0. The van der Waals surface area contributed by atoms with Crippen molar-refractivity contribution in [3.05, 3.63) is 0 Å². The molecule has 0 rings (SSSR count). The van der Waals surface area contributed by atoms with E-state index in [1.165, 1.54) is 0 Å². The van der Waals surface area contributed by atoms with Crippen LogP contribution in [0.1, 0.15) is 0 Å². The van der Waals surface area contributed by atoms with E-state index in [2.05, 4.69) is 33.8 Å². The van der Waals surface area contributed by atoms with Gasteiger partial charge in [0.05, 0.1) is 21.1 Å². The maximum absolute atomic E-state index is 4.07. The molecule has 0 heterocycles. The predicted molar refractivity (Wildman–Crippen MR) is 31.9 cm³/mol. The summed E-state index contributed by atoms with van der Waals surface area (Å²) in [5, 5.41) is 0. The average molecular weight is 106 g/mol. The van der Waals surface area contributed by atoms with Crippen molar-refractivity contribution in [2.24, 2.45) is 0 Å². The highest BCUT2D eigenvalue weighted by Crippen LogP contribution is 1.88. The number of thiol groups is 1. The van der Waals surface area contributed by atoms with Crippen molar-refractivity contribution in [2.45, 2.75) is 0 Å². The molecule has 38 valence electrons. The van der Waals surface area contributed by atoms with Gasteiger partial charge in [0, 0.05) is 0 Å². The van der Waals surface area contributed by atoms with Crippen molar-refractivity contribution < 1.29 is 4.48 Å². The highest BCUT2D eigenvalue weighted by molar-refractivity contribution is 7.80. The summed E-state index contributed by atoms with van der Waals surface area (Å²) in [6.07, 6.45) is 0. The Kier molecular flexibility index (Phi) is 1.94. The Bertz CT molecular complexity index is 37.3. The first-order valence-corrected chi connectivity index (χ1v) is 2.61. The second kappa shape index (κ2) is 1.85. The van der Waals surface area contributed by atoms with Crippen LogP contribution in [-0.4, -0.2) is 31.5 Å². The van der Waals surface area contributed by atoms with E-state index in [0.717, 1.165) is 10.4 Å². The fraction of sp³-hybridized carbons (Fsp3) is 1.00. The molecular weight excluding hydrogens is 94.1 g/mol. The van der Waals surface area contributed by atoms with Crippen molar-refractivity contribution in [3.8, 4) is 0 Å². The first-order chi connectivity index (χ1) is 2.56. The lowest BCUT2D eigenvalue weighted by Gasteiger charge is -2.19. The number of rotatable bonds is 1. The summed E-state index contributed by atoms with van der Waals surface area (Å²) < 4.78 is 0.934. The van der Waals surface area contributed by atoms with Crippen LogP contribution < -0.4 is 0 Å². The third-order valence-corrected chi connectivity index (χ3v) is 1.27. The van der Waals surface area contributed by atoms with Crippen molar-refractivity contribution in [3.63, 3.8) is 0 Å². The largest absolute Gasteiger partial charge is 0.323 e. The van der Waals surface area contributed by atoms with Gasteiger partial charge in [-0.15, -0.1) is 12.6 Å². The molecule has 0 unspecified atom stereocenters. The summed E-state index contributed by atoms with van der Waals surface area (Å²) in [6, 6.07) is 0. The van der Waals surface area contributed by atoms with Crippen molar-refractivity contribution in [1.82, 2.24) is 0 Å². The lowest BCUT2D eigenvalue weighted by Crippen LogP contribution is -2.32. The highest BCUT2D eigenvalue weighted by atomic mass is 32.1. The van der Waals surface area contributed by atoms with Crippen LogP contribution in [0.2, 0.25) is 0 Å². The molecule has 0 atom stereocenters. The van der Waals surface area contributed by atoms with Crippen LogP contribution in [0.5, 0.6) is 0 Å². The molecule has 0 aliphatic rings. The Morgan fingerprint density at radius 1 is 1.33 bits per heavy atom. The van der Waals surface area contributed by atoms with E-state index in [4.69, 9.17) is 0 Å². The fourth-order valence-corrected chi connectivity index (χ4v) is 0. The molecule has 1 nitrogen and oxygen atoms in total. The maximum atomic E-state index is 4.07. The molecule has 0 radical (unpaired) electrons. The number of hydrogen-bond acceptors (Lipinski definition) is 1. The predicted octanol–water partition coefficient (Wildman–Crippen LogP) is 0.580. The smallest absolute Gasteiger partial charge is 0.122 e. The van der Waals surface area contributed by atoms with Crippen molar-refractivity contribution in [1.29, 1.82) is 0 Å². The van der Waals surface area contributed by atoms with Gasteiger partial charge in [-0.3, -0.25) is 0 Å². The van der Waals surface area contributed by atoms with E-state index in [1.807, 2.05) is 0 Å². The van der Waals surface area contributed by atoms with Gasteiger partial charge in [0.15, 0.2) is 0 Å². The molecule has 0 aliphatic carbocycles. The first kappa shape index (κ1) is 6.31. The van der Waals surface area contributed by atoms with Gasteiger partial charge in [-0.25, -0.2) is 0 Å². The summed E-state index contributed by atoms with van der Waals surface area (Å²) >= 11 is 4.07. The van der Waals surface area contributed by atoms with Gasteiger partial charge >= 0.3 is 0 Å². The summed E-state index contributed by atoms with van der Waals surface area (Å²) in [5.74, 6) is 0.903. The molecule has 0 aromatic carbocycles. The monoisotopic (exact) mass is 106 g/mol. The second-order valence-electron chi connectivity index (χ2n) is 2.43. The highest BCUT2D eigenvalue weighted by Gasteiger charge is 1.98. The van der Waals surface area contributed by atoms with E-state index in [1.54, 1.807) is 0 Å². The SMILES string of the molecule is C[N+](C)(C)CS. The van der Waals surface area contributed by atoms with Crippen LogP contribution in [0.3, 0.4) is 0 Å². The molecule has 0 amide bonds. The molecule has 0 bridgehead atoms. The van der Waals surface area contributed by atoms with Gasteiger partial charge in [0.2, 0.25) is 0 Å². The molecule has 6 heavy (non-hydrogen) atoms. The zero-order chi connectivity index (χ0) is 5.21. The van der Waals surface area contributed by atoms with E-state index < -0.39 is 0 Å². The van der Waals surface area contributed by atoms with Gasteiger partial charge in [-0.1, -0.05) is 0 Å². The lowest BCUT2D eigenvalue weighted by molar-refractivity contribution is -0.856. The number of hydrogen-bond donors (Lipinski definition) is 1. The Balaban J connectivity index is 3.17. The van der Waals surface area contributed by atoms with Gasteiger partial charge in [-0.2, -0.15) is 0 Å². The van der Waals surface area contributed by atoms with Crippen LogP contribution >= 0.6 is 12.6 Å². The zero-order valence-electron chi connectivity index (χ0n) is 4.60. The lowest BCUT2D eigenvalue weighted by atomic mass is 10.8. The third kappa shape index (κ3) is 4.31. The second-order valence-corrected chi connectivity index (χ2v) is 2.71. The van der Waals surface area contributed by atoms with Crippen LogP contribution in [0, 0.1) is 0 Å². The van der Waals surface area contributed by atoms with E-state index >= 15 is 0 Å². The molecule has 0 aliphatic heterocycles. The summed E-state index contributed by atoms with van der Waals surface area (Å²) in [4.78, 5) is 0. The van der Waals surface area contributed by atoms with Crippen LogP contribution in [-0.2, 0) is 0 Å². The molecule has 0 saturated carbocycles. The van der Waals surface area contributed by atoms with Crippen LogP contribution in [0.25, 0.3) is 0 Å². The van der Waals surface area contributed by atoms with Crippen molar-refractivity contribution >= 4 is 12.6 Å². The molecule has 0 fully saturated rings. The topological polar surface area (TPSA) is 0 Å². The first-order valence-electron chi connectivity index (χ1n) is 1.97. The molecule has 0 aromatic rings. The van der Waals surface area contributed by atoms with Crippen LogP contribution in [0.15, 0.2) is 0 Å². The minimum atomic E-state index is 0.903. The number of quaternary nitrogens is 1. The maximum Gasteiger partial charge on any atom is 0.122 e. The zero-order valence-corrected chi connectivity index (χ0v) is 5.50. The summed E-state index contributed by atoms with van der Waals surface area (Å²) in [6.45, 7) is 0. The van der Waals surface area contributed by atoms with E-state index in [9.17, 15) is 0 Å². The Labute approximate surface area is 45.0 Å². The Hall–Kier alpha value is 0.310. The summed E-state index contributed by atoms with van der Waals surface area (Å²) in [7, 11) is 6.31. The standard InChI is InChI=1S/C4H11NS/c1-5(2,3)4-6/h4H2,1-3H3/p+1.